The van der Waals surface area contributed by atoms with Gasteiger partial charge in [-0.3, -0.25) is 0 Å². The molecule has 1 spiro atoms. The molecule has 2 saturated heterocycles. The van der Waals surface area contributed by atoms with E-state index in [0.29, 0.717) is 5.54 Å². The molecule has 15 heavy (non-hydrogen) atoms. The van der Waals surface area contributed by atoms with Crippen LogP contribution in [0.4, 0.5) is 0 Å². The lowest BCUT2D eigenvalue weighted by molar-refractivity contribution is -0.0896. The Morgan fingerprint density at radius 1 is 1.40 bits per heavy atom. The molecule has 2 aliphatic heterocycles. The molecule has 0 radical (unpaired) electrons. The molecular formula is C13H20N2. The van der Waals surface area contributed by atoms with E-state index >= 15 is 0 Å². The Bertz CT molecular complexity index is 308. The Labute approximate surface area is 92.6 Å². The molecule has 2 aliphatic rings. The van der Waals surface area contributed by atoms with Gasteiger partial charge in [0.05, 0.1) is 5.54 Å². The molecule has 82 valence electrons. The normalized spacial score (nSPS) is 25.5. The third kappa shape index (κ3) is 1.63. The van der Waals surface area contributed by atoms with E-state index in [4.69, 9.17) is 0 Å². The van der Waals surface area contributed by atoms with Gasteiger partial charge in [-0.2, -0.15) is 0 Å². The standard InChI is InChI=1S/C13H20N2/c1-4-6-7-12(5-2)15-9-8-13(15)10-14(3)11-13/h4-7H,2,8-11H2,1,3H3/b6-4-,12-7+. The molecule has 0 aliphatic carbocycles. The maximum atomic E-state index is 3.90. The fourth-order valence-corrected chi connectivity index (χ4v) is 2.69. The Morgan fingerprint density at radius 3 is 2.53 bits per heavy atom. The molecule has 0 bridgehead atoms. The first-order chi connectivity index (χ1) is 7.22. The van der Waals surface area contributed by atoms with Crippen LogP contribution >= 0.6 is 0 Å². The van der Waals surface area contributed by atoms with Crippen LogP contribution in [0.1, 0.15) is 13.3 Å². The van der Waals surface area contributed by atoms with Crippen molar-refractivity contribution in [3.63, 3.8) is 0 Å². The minimum atomic E-state index is 0.441. The fourth-order valence-electron chi connectivity index (χ4n) is 2.69. The van der Waals surface area contributed by atoms with Gasteiger partial charge in [0.2, 0.25) is 0 Å². The van der Waals surface area contributed by atoms with E-state index < -0.39 is 0 Å². The molecule has 0 saturated carbocycles. The second kappa shape index (κ2) is 3.86. The number of allylic oxidation sites excluding steroid dienone is 4. The van der Waals surface area contributed by atoms with E-state index in [1.807, 2.05) is 13.0 Å². The monoisotopic (exact) mass is 204 g/mol. The summed E-state index contributed by atoms with van der Waals surface area (Å²) in [5, 5.41) is 0. The molecule has 0 aromatic carbocycles. The van der Waals surface area contributed by atoms with Crippen molar-refractivity contribution in [1.82, 2.24) is 9.80 Å². The summed E-state index contributed by atoms with van der Waals surface area (Å²) in [6, 6.07) is 0. The second-order valence-electron chi connectivity index (χ2n) is 4.62. The van der Waals surface area contributed by atoms with Crippen LogP contribution in [0.15, 0.2) is 36.6 Å². The predicted octanol–water partition coefficient (Wildman–Crippen LogP) is 2.02. The minimum Gasteiger partial charge on any atom is -0.363 e. The number of nitrogens with zero attached hydrogens (tertiary/aromatic N) is 2. The van der Waals surface area contributed by atoms with Crippen molar-refractivity contribution in [3.05, 3.63) is 36.6 Å². The smallest absolute Gasteiger partial charge is 0.0671 e. The van der Waals surface area contributed by atoms with Crippen molar-refractivity contribution in [1.29, 1.82) is 0 Å². The maximum absolute atomic E-state index is 3.90. The number of hydrogen-bond donors (Lipinski definition) is 0. The van der Waals surface area contributed by atoms with Gasteiger partial charge in [-0.15, -0.1) is 0 Å². The lowest BCUT2D eigenvalue weighted by atomic mass is 9.77. The molecule has 0 atom stereocenters. The molecule has 0 aromatic rings. The molecule has 2 heterocycles. The summed E-state index contributed by atoms with van der Waals surface area (Å²) in [7, 11) is 2.19. The summed E-state index contributed by atoms with van der Waals surface area (Å²) in [5.74, 6) is 0. The van der Waals surface area contributed by atoms with Crippen LogP contribution in [0.2, 0.25) is 0 Å². The van der Waals surface area contributed by atoms with Gasteiger partial charge in [0.25, 0.3) is 0 Å². The van der Waals surface area contributed by atoms with Crippen LogP contribution in [0, 0.1) is 0 Å². The maximum Gasteiger partial charge on any atom is 0.0671 e. The molecule has 0 unspecified atom stereocenters. The van der Waals surface area contributed by atoms with Gasteiger partial charge >= 0.3 is 0 Å². The van der Waals surface area contributed by atoms with Crippen LogP contribution in [0.5, 0.6) is 0 Å². The van der Waals surface area contributed by atoms with Crippen molar-refractivity contribution in [2.75, 3.05) is 26.7 Å². The lowest BCUT2D eigenvalue weighted by Gasteiger charge is -2.63. The quantitative estimate of drug-likeness (QED) is 0.649. The highest BCUT2D eigenvalue weighted by Crippen LogP contribution is 2.41. The summed E-state index contributed by atoms with van der Waals surface area (Å²) in [6.45, 7) is 9.53. The van der Waals surface area contributed by atoms with Gasteiger partial charge in [-0.1, -0.05) is 18.7 Å². The molecule has 2 nitrogen and oxygen atoms in total. The van der Waals surface area contributed by atoms with Gasteiger partial charge in [0, 0.05) is 25.3 Å². The molecular weight excluding hydrogens is 184 g/mol. The molecule has 0 aromatic heterocycles. The molecule has 0 amide bonds. The van der Waals surface area contributed by atoms with E-state index in [0.717, 1.165) is 0 Å². The van der Waals surface area contributed by atoms with Gasteiger partial charge in [-0.05, 0) is 32.5 Å². The van der Waals surface area contributed by atoms with Crippen molar-refractivity contribution in [2.45, 2.75) is 18.9 Å². The fraction of sp³-hybridized carbons (Fsp3) is 0.538. The van der Waals surface area contributed by atoms with Crippen LogP contribution in [-0.2, 0) is 0 Å². The third-order valence-electron chi connectivity index (χ3n) is 3.48. The number of hydrogen-bond acceptors (Lipinski definition) is 2. The van der Waals surface area contributed by atoms with Crippen LogP contribution in [0.3, 0.4) is 0 Å². The van der Waals surface area contributed by atoms with Crippen molar-refractivity contribution in [2.24, 2.45) is 0 Å². The van der Waals surface area contributed by atoms with E-state index in [2.05, 4.69) is 41.7 Å². The first-order valence-electron chi connectivity index (χ1n) is 5.63. The molecule has 0 N–H and O–H groups in total. The van der Waals surface area contributed by atoms with Crippen molar-refractivity contribution >= 4 is 0 Å². The second-order valence-corrected chi connectivity index (χ2v) is 4.62. The van der Waals surface area contributed by atoms with Crippen LogP contribution in [0.25, 0.3) is 0 Å². The summed E-state index contributed by atoms with van der Waals surface area (Å²) in [4.78, 5) is 4.88. The predicted molar refractivity (Wildman–Crippen MR) is 64.6 cm³/mol. The third-order valence-corrected chi connectivity index (χ3v) is 3.48. The molecule has 2 heteroatoms. The van der Waals surface area contributed by atoms with Crippen molar-refractivity contribution < 1.29 is 0 Å². The van der Waals surface area contributed by atoms with Gasteiger partial charge < -0.3 is 9.80 Å². The zero-order valence-corrected chi connectivity index (χ0v) is 9.74. The molecule has 2 fully saturated rings. The van der Waals surface area contributed by atoms with E-state index in [1.165, 1.54) is 31.8 Å². The zero-order chi connectivity index (χ0) is 10.9. The lowest BCUT2D eigenvalue weighted by Crippen LogP contribution is -2.75. The van der Waals surface area contributed by atoms with E-state index in [1.54, 1.807) is 0 Å². The number of likely N-dealkylation sites (N-methyl/N-ethyl adjacent to an activating group) is 1. The number of rotatable bonds is 3. The Hall–Kier alpha value is -1.02. The highest BCUT2D eigenvalue weighted by Gasteiger charge is 2.52. The Balaban J connectivity index is 2.07. The largest absolute Gasteiger partial charge is 0.363 e. The Morgan fingerprint density at radius 2 is 2.13 bits per heavy atom. The highest BCUT2D eigenvalue weighted by molar-refractivity contribution is 5.28. The number of likely N-dealkylation sites (tertiary alicyclic amines) is 2. The van der Waals surface area contributed by atoms with Gasteiger partial charge in [0.15, 0.2) is 0 Å². The molecule has 2 rings (SSSR count). The highest BCUT2D eigenvalue weighted by atomic mass is 15.4. The minimum absolute atomic E-state index is 0.441. The van der Waals surface area contributed by atoms with Gasteiger partial charge in [-0.25, -0.2) is 0 Å². The summed E-state index contributed by atoms with van der Waals surface area (Å²) in [5.41, 5.74) is 1.71. The van der Waals surface area contributed by atoms with Crippen LogP contribution in [-0.4, -0.2) is 42.0 Å². The zero-order valence-electron chi connectivity index (χ0n) is 9.74. The average Bonchev–Trinajstić information content (AvgIpc) is 2.17. The SMILES string of the molecule is C=C/C(=C\C=C/C)N1CCC12CN(C)C2. The van der Waals surface area contributed by atoms with E-state index in [-0.39, 0.29) is 0 Å². The summed E-state index contributed by atoms with van der Waals surface area (Å²) in [6.07, 6.45) is 9.61. The summed E-state index contributed by atoms with van der Waals surface area (Å²) >= 11 is 0. The first kappa shape index (κ1) is 10.5. The van der Waals surface area contributed by atoms with Gasteiger partial charge in [0.1, 0.15) is 0 Å². The average molecular weight is 204 g/mol. The topological polar surface area (TPSA) is 6.48 Å². The van der Waals surface area contributed by atoms with Crippen LogP contribution < -0.4 is 0 Å². The first-order valence-corrected chi connectivity index (χ1v) is 5.63. The Kier molecular flexibility index (Phi) is 2.70. The summed E-state index contributed by atoms with van der Waals surface area (Å²) < 4.78 is 0. The van der Waals surface area contributed by atoms with Crippen molar-refractivity contribution in [3.8, 4) is 0 Å². The van der Waals surface area contributed by atoms with E-state index in [9.17, 15) is 0 Å².